The minimum atomic E-state index is -0.0958. The molecule has 2 aliphatic heterocycles. The highest BCUT2D eigenvalue weighted by Gasteiger charge is 2.42. The number of rotatable bonds is 4. The van der Waals surface area contributed by atoms with Crippen LogP contribution in [0.4, 0.5) is 0 Å². The molecule has 3 rings (SSSR count). The van der Waals surface area contributed by atoms with Crippen LogP contribution in [0, 0.1) is 12.3 Å². The summed E-state index contributed by atoms with van der Waals surface area (Å²) in [7, 11) is 1.68. The van der Waals surface area contributed by atoms with Crippen LogP contribution in [0.15, 0.2) is 12.4 Å². The summed E-state index contributed by atoms with van der Waals surface area (Å²) in [6.07, 6.45) is 7.11. The second-order valence-corrected chi connectivity index (χ2v) is 7.73. The van der Waals surface area contributed by atoms with Crippen molar-refractivity contribution in [3.8, 4) is 0 Å². The van der Waals surface area contributed by atoms with E-state index in [-0.39, 0.29) is 23.3 Å². The molecule has 1 atom stereocenters. The third-order valence-electron chi connectivity index (χ3n) is 5.97. The molecule has 1 N–H and O–H groups in total. The van der Waals surface area contributed by atoms with Crippen molar-refractivity contribution in [2.75, 3.05) is 26.7 Å². The van der Waals surface area contributed by atoms with E-state index in [1.807, 2.05) is 18.7 Å². The molecule has 142 valence electrons. The number of amides is 2. The lowest BCUT2D eigenvalue weighted by Crippen LogP contribution is -2.54. The number of carbonyl (C=O) groups is 2. The Morgan fingerprint density at radius 1 is 1.27 bits per heavy atom. The van der Waals surface area contributed by atoms with Gasteiger partial charge in [0, 0.05) is 26.2 Å². The molecule has 26 heavy (non-hydrogen) atoms. The first kappa shape index (κ1) is 18.8. The molecule has 0 aromatic carbocycles. The standard InChI is InChI=1S/C19H29N5O2/c1-14-10-22-16(11-21-14)12-24-13-19(5-4-17(24)25)6-8-23(9-7-19)15(2)18(26)20-3/h10-11,15H,4-9,12-13H2,1-3H3,(H,20,26). The van der Waals surface area contributed by atoms with Crippen LogP contribution in [0.3, 0.4) is 0 Å². The molecule has 0 radical (unpaired) electrons. The number of aromatic nitrogens is 2. The normalized spacial score (nSPS) is 21.7. The molecule has 1 spiro atoms. The highest BCUT2D eigenvalue weighted by atomic mass is 16.2. The van der Waals surface area contributed by atoms with Gasteiger partial charge in [0.1, 0.15) is 0 Å². The second-order valence-electron chi connectivity index (χ2n) is 7.73. The predicted molar refractivity (Wildman–Crippen MR) is 98.2 cm³/mol. The first-order chi connectivity index (χ1) is 12.4. The summed E-state index contributed by atoms with van der Waals surface area (Å²) >= 11 is 0. The van der Waals surface area contributed by atoms with Crippen molar-refractivity contribution in [1.29, 1.82) is 0 Å². The van der Waals surface area contributed by atoms with Crippen molar-refractivity contribution in [2.24, 2.45) is 5.41 Å². The van der Waals surface area contributed by atoms with Crippen LogP contribution in [-0.4, -0.2) is 64.3 Å². The van der Waals surface area contributed by atoms with Crippen LogP contribution >= 0.6 is 0 Å². The van der Waals surface area contributed by atoms with Crippen molar-refractivity contribution in [1.82, 2.24) is 25.1 Å². The number of nitrogens with zero attached hydrogens (tertiary/aromatic N) is 4. The third kappa shape index (κ3) is 4.03. The van der Waals surface area contributed by atoms with Gasteiger partial charge in [-0.2, -0.15) is 0 Å². The molecule has 1 aromatic heterocycles. The Morgan fingerprint density at radius 2 is 2.00 bits per heavy atom. The Hall–Kier alpha value is -2.02. The molecule has 2 amide bonds. The van der Waals surface area contributed by atoms with Crippen LogP contribution in [0.25, 0.3) is 0 Å². The Bertz CT molecular complexity index is 652. The van der Waals surface area contributed by atoms with E-state index in [0.29, 0.717) is 13.0 Å². The quantitative estimate of drug-likeness (QED) is 0.872. The van der Waals surface area contributed by atoms with E-state index in [2.05, 4.69) is 20.2 Å². The van der Waals surface area contributed by atoms with E-state index >= 15 is 0 Å². The van der Waals surface area contributed by atoms with E-state index in [9.17, 15) is 9.59 Å². The zero-order valence-corrected chi connectivity index (χ0v) is 16.0. The molecule has 7 heteroatoms. The van der Waals surface area contributed by atoms with Gasteiger partial charge in [-0.05, 0) is 51.6 Å². The van der Waals surface area contributed by atoms with Crippen LogP contribution in [0.5, 0.6) is 0 Å². The Labute approximate surface area is 155 Å². The summed E-state index contributed by atoms with van der Waals surface area (Å²) in [5.41, 5.74) is 1.89. The van der Waals surface area contributed by atoms with Crippen molar-refractivity contribution in [2.45, 2.75) is 52.1 Å². The minimum Gasteiger partial charge on any atom is -0.358 e. The van der Waals surface area contributed by atoms with Gasteiger partial charge in [-0.3, -0.25) is 24.5 Å². The van der Waals surface area contributed by atoms with Crippen molar-refractivity contribution in [3.63, 3.8) is 0 Å². The maximum Gasteiger partial charge on any atom is 0.236 e. The number of aryl methyl sites for hydroxylation is 1. The van der Waals surface area contributed by atoms with Gasteiger partial charge in [0.25, 0.3) is 0 Å². The third-order valence-corrected chi connectivity index (χ3v) is 5.97. The summed E-state index contributed by atoms with van der Waals surface area (Å²) in [5.74, 6) is 0.276. The predicted octanol–water partition coefficient (Wildman–Crippen LogP) is 1.12. The van der Waals surface area contributed by atoms with Gasteiger partial charge in [0.15, 0.2) is 0 Å². The average Bonchev–Trinajstić information content (AvgIpc) is 2.66. The van der Waals surface area contributed by atoms with E-state index in [0.717, 1.165) is 50.3 Å². The molecule has 0 bridgehead atoms. The number of nitrogens with one attached hydrogen (secondary N) is 1. The zero-order chi connectivity index (χ0) is 18.7. The maximum atomic E-state index is 12.4. The summed E-state index contributed by atoms with van der Waals surface area (Å²) in [6, 6.07) is -0.0958. The fourth-order valence-electron chi connectivity index (χ4n) is 4.11. The molecule has 2 aliphatic rings. The lowest BCUT2D eigenvalue weighted by Gasteiger charge is -2.48. The average molecular weight is 359 g/mol. The number of hydrogen-bond acceptors (Lipinski definition) is 5. The van der Waals surface area contributed by atoms with Crippen LogP contribution in [-0.2, 0) is 16.1 Å². The molecular weight excluding hydrogens is 330 g/mol. The molecule has 2 fully saturated rings. The van der Waals surface area contributed by atoms with Gasteiger partial charge >= 0.3 is 0 Å². The highest BCUT2D eigenvalue weighted by Crippen LogP contribution is 2.40. The zero-order valence-electron chi connectivity index (χ0n) is 16.0. The summed E-state index contributed by atoms with van der Waals surface area (Å²) < 4.78 is 0. The lowest BCUT2D eigenvalue weighted by atomic mass is 9.72. The Balaban J connectivity index is 1.62. The molecule has 1 aromatic rings. The van der Waals surface area contributed by atoms with Gasteiger partial charge in [0.2, 0.25) is 11.8 Å². The SMILES string of the molecule is CNC(=O)C(C)N1CCC2(CCC(=O)N(Cc3cnc(C)cn3)C2)CC1. The Morgan fingerprint density at radius 3 is 2.62 bits per heavy atom. The summed E-state index contributed by atoms with van der Waals surface area (Å²) in [5, 5.41) is 2.73. The van der Waals surface area contributed by atoms with E-state index in [4.69, 9.17) is 0 Å². The highest BCUT2D eigenvalue weighted by molar-refractivity contribution is 5.81. The van der Waals surface area contributed by atoms with E-state index in [1.54, 1.807) is 19.4 Å². The van der Waals surface area contributed by atoms with Crippen molar-refractivity contribution >= 4 is 11.8 Å². The molecule has 3 heterocycles. The largest absolute Gasteiger partial charge is 0.358 e. The van der Waals surface area contributed by atoms with E-state index < -0.39 is 0 Å². The fraction of sp³-hybridized carbons (Fsp3) is 0.684. The first-order valence-corrected chi connectivity index (χ1v) is 9.43. The Kier molecular flexibility index (Phi) is 5.55. The second kappa shape index (κ2) is 7.70. The molecule has 7 nitrogen and oxygen atoms in total. The van der Waals surface area contributed by atoms with Gasteiger partial charge in [0.05, 0.1) is 30.2 Å². The van der Waals surface area contributed by atoms with Gasteiger partial charge in [-0.15, -0.1) is 0 Å². The van der Waals surface area contributed by atoms with Gasteiger partial charge in [-0.25, -0.2) is 0 Å². The van der Waals surface area contributed by atoms with Crippen LogP contribution in [0.2, 0.25) is 0 Å². The molecule has 0 saturated carbocycles. The fourth-order valence-corrected chi connectivity index (χ4v) is 4.11. The van der Waals surface area contributed by atoms with Crippen molar-refractivity contribution < 1.29 is 9.59 Å². The molecule has 0 aliphatic carbocycles. The maximum absolute atomic E-state index is 12.4. The summed E-state index contributed by atoms with van der Waals surface area (Å²) in [6.45, 7) is 6.99. The summed E-state index contributed by atoms with van der Waals surface area (Å²) in [4.78, 5) is 37.2. The van der Waals surface area contributed by atoms with E-state index in [1.165, 1.54) is 0 Å². The number of likely N-dealkylation sites (N-methyl/N-ethyl adjacent to an activating group) is 1. The number of hydrogen-bond donors (Lipinski definition) is 1. The smallest absolute Gasteiger partial charge is 0.236 e. The van der Waals surface area contributed by atoms with Gasteiger partial charge < -0.3 is 10.2 Å². The number of piperidine rings is 2. The number of likely N-dealkylation sites (tertiary alicyclic amines) is 2. The molecule has 1 unspecified atom stereocenters. The molecular formula is C19H29N5O2. The van der Waals surface area contributed by atoms with Gasteiger partial charge in [-0.1, -0.05) is 0 Å². The topological polar surface area (TPSA) is 78.4 Å². The monoisotopic (exact) mass is 359 g/mol. The van der Waals surface area contributed by atoms with Crippen LogP contribution in [0.1, 0.15) is 44.0 Å². The van der Waals surface area contributed by atoms with Crippen molar-refractivity contribution in [3.05, 3.63) is 23.8 Å². The lowest BCUT2D eigenvalue weighted by molar-refractivity contribution is -0.140. The van der Waals surface area contributed by atoms with Crippen LogP contribution < -0.4 is 5.32 Å². The number of carbonyl (C=O) groups excluding carboxylic acids is 2. The first-order valence-electron chi connectivity index (χ1n) is 9.43. The molecule has 2 saturated heterocycles. The minimum absolute atomic E-state index is 0.0688.